The van der Waals surface area contributed by atoms with Crippen LogP contribution in [0.1, 0.15) is 37.6 Å². The second-order valence-electron chi connectivity index (χ2n) is 5.58. The quantitative estimate of drug-likeness (QED) is 0.695. The summed E-state index contributed by atoms with van der Waals surface area (Å²) in [6.45, 7) is 7.54. The number of carbonyl (C=O) groups excluding carboxylic acids is 1. The number of hydrogen-bond acceptors (Lipinski definition) is 4. The van der Waals surface area contributed by atoms with Gasteiger partial charge in [-0.15, -0.1) is 0 Å². The van der Waals surface area contributed by atoms with Crippen LogP contribution in [0.2, 0.25) is 0 Å². The van der Waals surface area contributed by atoms with Crippen molar-refractivity contribution in [2.75, 3.05) is 18.5 Å². The van der Waals surface area contributed by atoms with Crippen molar-refractivity contribution in [3.05, 3.63) is 50.9 Å². The fourth-order valence-corrected chi connectivity index (χ4v) is 2.79. The van der Waals surface area contributed by atoms with Crippen molar-refractivity contribution in [2.45, 2.75) is 33.7 Å². The van der Waals surface area contributed by atoms with Crippen LogP contribution in [0.25, 0.3) is 0 Å². The van der Waals surface area contributed by atoms with Gasteiger partial charge in [0.05, 0.1) is 17.7 Å². The number of halogens is 1. The average Bonchev–Trinajstić information content (AvgIpc) is 2.64. The Balaban J connectivity index is 2.28. The van der Waals surface area contributed by atoms with Crippen molar-refractivity contribution < 1.29 is 14.3 Å². The first kappa shape index (κ1) is 20.0. The smallest absolute Gasteiger partial charge is 0.255 e. The zero-order valence-electron chi connectivity index (χ0n) is 15.2. The first-order chi connectivity index (χ1) is 12.5. The van der Waals surface area contributed by atoms with Crippen LogP contribution in [-0.2, 0) is 6.54 Å². The van der Waals surface area contributed by atoms with Gasteiger partial charge in [0.25, 0.3) is 5.91 Å². The number of amides is 1. The SMILES string of the molecule is CCCOc1ccc(C(=O)Nc2cn(CC)cc(Br)c2=O)cc1OCC. The van der Waals surface area contributed by atoms with Crippen LogP contribution in [0.15, 0.2) is 39.9 Å². The van der Waals surface area contributed by atoms with E-state index in [1.165, 1.54) is 0 Å². The summed E-state index contributed by atoms with van der Waals surface area (Å²) in [6.07, 6.45) is 4.18. The van der Waals surface area contributed by atoms with Crippen molar-refractivity contribution in [2.24, 2.45) is 0 Å². The number of carbonyl (C=O) groups is 1. The monoisotopic (exact) mass is 422 g/mol. The minimum Gasteiger partial charge on any atom is -0.490 e. The molecule has 2 rings (SSSR count). The van der Waals surface area contributed by atoms with Crippen LogP contribution in [0.4, 0.5) is 5.69 Å². The highest BCUT2D eigenvalue weighted by Gasteiger charge is 2.14. The van der Waals surface area contributed by atoms with E-state index in [0.29, 0.717) is 41.3 Å². The number of pyridine rings is 1. The molecule has 0 aliphatic carbocycles. The number of nitrogens with one attached hydrogen (secondary N) is 1. The van der Waals surface area contributed by atoms with Crippen LogP contribution in [0.3, 0.4) is 0 Å². The Labute approximate surface area is 161 Å². The van der Waals surface area contributed by atoms with E-state index < -0.39 is 0 Å². The van der Waals surface area contributed by atoms with Crippen LogP contribution < -0.4 is 20.2 Å². The molecule has 1 heterocycles. The summed E-state index contributed by atoms with van der Waals surface area (Å²) < 4.78 is 13.4. The zero-order chi connectivity index (χ0) is 19.1. The summed E-state index contributed by atoms with van der Waals surface area (Å²) in [5.41, 5.74) is 0.339. The summed E-state index contributed by atoms with van der Waals surface area (Å²) in [6, 6.07) is 4.99. The van der Waals surface area contributed by atoms with E-state index in [2.05, 4.69) is 21.2 Å². The van der Waals surface area contributed by atoms with Gasteiger partial charge < -0.3 is 19.4 Å². The van der Waals surface area contributed by atoms with Crippen LogP contribution in [0, 0.1) is 0 Å². The van der Waals surface area contributed by atoms with Gasteiger partial charge >= 0.3 is 0 Å². The Morgan fingerprint density at radius 1 is 1.15 bits per heavy atom. The number of aryl methyl sites for hydroxylation is 1. The molecule has 140 valence electrons. The lowest BCUT2D eigenvalue weighted by Gasteiger charge is -2.13. The van der Waals surface area contributed by atoms with Gasteiger partial charge in [-0.1, -0.05) is 6.92 Å². The highest BCUT2D eigenvalue weighted by atomic mass is 79.9. The topological polar surface area (TPSA) is 69.6 Å². The summed E-state index contributed by atoms with van der Waals surface area (Å²) >= 11 is 3.23. The molecule has 0 saturated carbocycles. The van der Waals surface area contributed by atoms with E-state index in [0.717, 1.165) is 6.42 Å². The number of benzene rings is 1. The molecule has 0 aliphatic heterocycles. The molecule has 0 spiro atoms. The summed E-state index contributed by atoms with van der Waals surface area (Å²) in [5, 5.41) is 2.68. The van der Waals surface area contributed by atoms with Gasteiger partial charge in [0.15, 0.2) is 11.5 Å². The van der Waals surface area contributed by atoms with E-state index in [1.54, 1.807) is 30.6 Å². The third kappa shape index (κ3) is 4.88. The van der Waals surface area contributed by atoms with Crippen LogP contribution >= 0.6 is 15.9 Å². The highest BCUT2D eigenvalue weighted by molar-refractivity contribution is 9.10. The number of nitrogens with zero attached hydrogens (tertiary/aromatic N) is 1. The van der Waals surface area contributed by atoms with Gasteiger partial charge in [0.2, 0.25) is 5.43 Å². The molecule has 0 bridgehead atoms. The molecule has 0 unspecified atom stereocenters. The Kier molecular flexibility index (Phi) is 7.26. The number of hydrogen-bond donors (Lipinski definition) is 1. The molecule has 1 amide bonds. The summed E-state index contributed by atoms with van der Waals surface area (Å²) in [7, 11) is 0. The predicted octanol–water partition coefficient (Wildman–Crippen LogP) is 4.07. The van der Waals surface area contributed by atoms with E-state index in [1.807, 2.05) is 25.3 Å². The Morgan fingerprint density at radius 3 is 2.58 bits per heavy atom. The molecular formula is C19H23BrN2O4. The molecule has 7 heteroatoms. The highest BCUT2D eigenvalue weighted by Crippen LogP contribution is 2.29. The van der Waals surface area contributed by atoms with Gasteiger partial charge in [-0.3, -0.25) is 9.59 Å². The predicted molar refractivity (Wildman–Crippen MR) is 105 cm³/mol. The van der Waals surface area contributed by atoms with Gasteiger partial charge in [0.1, 0.15) is 5.69 Å². The maximum Gasteiger partial charge on any atom is 0.255 e. The number of aromatic nitrogens is 1. The van der Waals surface area contributed by atoms with Gasteiger partial charge in [-0.05, 0) is 54.4 Å². The van der Waals surface area contributed by atoms with Crippen molar-refractivity contribution in [1.82, 2.24) is 4.57 Å². The minimum absolute atomic E-state index is 0.218. The molecule has 26 heavy (non-hydrogen) atoms. The van der Waals surface area contributed by atoms with Crippen LogP contribution in [-0.4, -0.2) is 23.7 Å². The van der Waals surface area contributed by atoms with E-state index in [-0.39, 0.29) is 17.0 Å². The second-order valence-corrected chi connectivity index (χ2v) is 6.43. The van der Waals surface area contributed by atoms with Crippen molar-refractivity contribution in [3.63, 3.8) is 0 Å². The number of anilines is 1. The molecule has 0 atom stereocenters. The molecule has 1 N–H and O–H groups in total. The van der Waals surface area contributed by atoms with Crippen molar-refractivity contribution in [1.29, 1.82) is 0 Å². The fourth-order valence-electron chi connectivity index (χ4n) is 2.31. The molecule has 0 radical (unpaired) electrons. The maximum atomic E-state index is 12.6. The largest absolute Gasteiger partial charge is 0.490 e. The lowest BCUT2D eigenvalue weighted by atomic mass is 10.2. The molecular weight excluding hydrogens is 400 g/mol. The number of ether oxygens (including phenoxy) is 2. The molecule has 0 fully saturated rings. The Morgan fingerprint density at radius 2 is 1.92 bits per heavy atom. The van der Waals surface area contributed by atoms with E-state index in [9.17, 15) is 9.59 Å². The number of rotatable bonds is 8. The molecule has 0 aliphatic rings. The van der Waals surface area contributed by atoms with Gasteiger partial charge in [-0.2, -0.15) is 0 Å². The first-order valence-corrected chi connectivity index (χ1v) is 9.40. The van der Waals surface area contributed by atoms with E-state index in [4.69, 9.17) is 9.47 Å². The Hall–Kier alpha value is -2.28. The van der Waals surface area contributed by atoms with Crippen molar-refractivity contribution in [3.8, 4) is 11.5 Å². The normalized spacial score (nSPS) is 10.5. The second kappa shape index (κ2) is 9.43. The summed E-state index contributed by atoms with van der Waals surface area (Å²) in [4.78, 5) is 24.8. The van der Waals surface area contributed by atoms with E-state index >= 15 is 0 Å². The zero-order valence-corrected chi connectivity index (χ0v) is 16.8. The molecule has 2 aromatic rings. The third-order valence-corrected chi connectivity index (χ3v) is 4.18. The molecule has 1 aromatic carbocycles. The Bertz CT molecular complexity index is 833. The lowest BCUT2D eigenvalue weighted by molar-refractivity contribution is 0.102. The molecule has 6 nitrogen and oxygen atoms in total. The minimum atomic E-state index is -0.383. The molecule has 1 aromatic heterocycles. The lowest BCUT2D eigenvalue weighted by Crippen LogP contribution is -2.20. The standard InChI is InChI=1S/C19H23BrN2O4/c1-4-9-26-16-8-7-13(10-17(16)25-6-3)19(24)21-15-12-22(5-2)11-14(20)18(15)23/h7-8,10-12H,4-6,9H2,1-3H3,(H,21,24). The first-order valence-electron chi connectivity index (χ1n) is 8.60. The average molecular weight is 423 g/mol. The van der Waals surface area contributed by atoms with Gasteiger partial charge in [0, 0.05) is 24.5 Å². The molecule has 0 saturated heterocycles. The van der Waals surface area contributed by atoms with Gasteiger partial charge in [-0.25, -0.2) is 0 Å². The summed E-state index contributed by atoms with van der Waals surface area (Å²) in [5.74, 6) is 0.723. The third-order valence-electron chi connectivity index (χ3n) is 3.62. The fraction of sp³-hybridized carbons (Fsp3) is 0.368. The maximum absolute atomic E-state index is 12.6. The van der Waals surface area contributed by atoms with Crippen molar-refractivity contribution >= 4 is 27.5 Å². The van der Waals surface area contributed by atoms with Crippen LogP contribution in [0.5, 0.6) is 11.5 Å².